The van der Waals surface area contributed by atoms with Gasteiger partial charge in [-0.3, -0.25) is 4.79 Å². The highest BCUT2D eigenvalue weighted by Crippen LogP contribution is 2.45. The number of nitrogens with one attached hydrogen (secondary N) is 1. The van der Waals surface area contributed by atoms with Crippen LogP contribution in [0.3, 0.4) is 0 Å². The molecular weight excluding hydrogens is 284 g/mol. The Kier molecular flexibility index (Phi) is 5.32. The topological polar surface area (TPSA) is 67.9 Å². The molecular formula is C16H28N2O4. The minimum Gasteiger partial charge on any atom is -0.453 e. The van der Waals surface area contributed by atoms with E-state index in [1.54, 1.807) is 7.11 Å². The third-order valence-corrected chi connectivity index (χ3v) is 5.13. The van der Waals surface area contributed by atoms with Crippen molar-refractivity contribution in [1.82, 2.24) is 10.2 Å². The van der Waals surface area contributed by atoms with Gasteiger partial charge in [-0.15, -0.1) is 0 Å². The van der Waals surface area contributed by atoms with Gasteiger partial charge < -0.3 is 19.7 Å². The number of likely N-dealkylation sites (tertiary alicyclic amines) is 1. The van der Waals surface area contributed by atoms with Crippen LogP contribution in [-0.4, -0.2) is 55.3 Å². The van der Waals surface area contributed by atoms with E-state index in [0.29, 0.717) is 5.92 Å². The number of rotatable bonds is 5. The molecule has 0 aromatic carbocycles. The predicted molar refractivity (Wildman–Crippen MR) is 82.4 cm³/mol. The van der Waals surface area contributed by atoms with Crippen LogP contribution in [0.15, 0.2) is 0 Å². The van der Waals surface area contributed by atoms with Gasteiger partial charge in [0, 0.05) is 13.2 Å². The van der Waals surface area contributed by atoms with Gasteiger partial charge in [-0.05, 0) is 31.1 Å². The van der Waals surface area contributed by atoms with Gasteiger partial charge in [-0.2, -0.15) is 0 Å². The van der Waals surface area contributed by atoms with E-state index in [9.17, 15) is 9.59 Å². The number of amides is 2. The van der Waals surface area contributed by atoms with Gasteiger partial charge in [-0.1, -0.05) is 20.8 Å². The Morgan fingerprint density at radius 1 is 1.27 bits per heavy atom. The SMILES string of the molecule is CC[C@@H]1[C@H]2C[C@H](OC)[C@H](C2)N1C(=O)[C@@H](NC(=O)OC)C(C)C. The summed E-state index contributed by atoms with van der Waals surface area (Å²) in [4.78, 5) is 26.6. The first kappa shape index (κ1) is 17.1. The largest absolute Gasteiger partial charge is 0.453 e. The minimum atomic E-state index is -0.562. The lowest BCUT2D eigenvalue weighted by atomic mass is 9.93. The van der Waals surface area contributed by atoms with Crippen molar-refractivity contribution in [3.63, 3.8) is 0 Å². The first-order valence-electron chi connectivity index (χ1n) is 8.13. The molecule has 0 unspecified atom stereocenters. The molecule has 6 heteroatoms. The summed E-state index contributed by atoms with van der Waals surface area (Å²) in [6, 6.07) is -0.170. The van der Waals surface area contributed by atoms with Crippen molar-refractivity contribution in [2.75, 3.05) is 14.2 Å². The molecule has 126 valence electrons. The molecule has 0 spiro atoms. The lowest BCUT2D eigenvalue weighted by Gasteiger charge is -2.41. The number of carbonyl (C=O) groups excluding carboxylic acids is 2. The molecule has 1 aliphatic carbocycles. The maximum absolute atomic E-state index is 13.1. The van der Waals surface area contributed by atoms with E-state index >= 15 is 0 Å². The van der Waals surface area contributed by atoms with Gasteiger partial charge in [0.1, 0.15) is 6.04 Å². The maximum atomic E-state index is 13.1. The number of hydrogen-bond acceptors (Lipinski definition) is 4. The van der Waals surface area contributed by atoms with Crippen molar-refractivity contribution in [3.8, 4) is 0 Å². The van der Waals surface area contributed by atoms with Crippen LogP contribution in [0.1, 0.15) is 40.0 Å². The second kappa shape index (κ2) is 6.86. The fourth-order valence-electron chi connectivity index (χ4n) is 4.06. The van der Waals surface area contributed by atoms with E-state index < -0.39 is 12.1 Å². The molecule has 2 fully saturated rings. The fourth-order valence-corrected chi connectivity index (χ4v) is 4.06. The van der Waals surface area contributed by atoms with E-state index in [1.165, 1.54) is 7.11 Å². The number of ether oxygens (including phenoxy) is 2. The summed E-state index contributed by atoms with van der Waals surface area (Å²) in [5, 5.41) is 2.69. The Morgan fingerprint density at radius 3 is 2.45 bits per heavy atom. The summed E-state index contributed by atoms with van der Waals surface area (Å²) < 4.78 is 10.2. The summed E-state index contributed by atoms with van der Waals surface area (Å²) in [7, 11) is 3.02. The number of fused-ring (bicyclic) bond motifs is 2. The predicted octanol–water partition coefficient (Wildman–Crippen LogP) is 1.78. The van der Waals surface area contributed by atoms with Crippen molar-refractivity contribution in [2.45, 2.75) is 64.3 Å². The molecule has 1 heterocycles. The summed E-state index contributed by atoms with van der Waals surface area (Å²) in [6.45, 7) is 5.98. The van der Waals surface area contributed by atoms with Crippen LogP contribution in [0.5, 0.6) is 0 Å². The number of methoxy groups -OCH3 is 2. The average Bonchev–Trinajstić information content (AvgIpc) is 3.08. The van der Waals surface area contributed by atoms with Gasteiger partial charge in [-0.25, -0.2) is 4.79 Å². The summed E-state index contributed by atoms with van der Waals surface area (Å²) in [5.74, 6) is 0.501. The zero-order chi connectivity index (χ0) is 16.4. The van der Waals surface area contributed by atoms with Crippen molar-refractivity contribution >= 4 is 12.0 Å². The number of hydrogen-bond donors (Lipinski definition) is 1. The third-order valence-electron chi connectivity index (χ3n) is 5.13. The van der Waals surface area contributed by atoms with Crippen molar-refractivity contribution in [1.29, 1.82) is 0 Å². The number of alkyl carbamates (subject to hydrolysis) is 1. The zero-order valence-corrected chi connectivity index (χ0v) is 14.2. The highest BCUT2D eigenvalue weighted by atomic mass is 16.5. The quantitative estimate of drug-likeness (QED) is 0.840. The number of piperidine rings is 1. The van der Waals surface area contributed by atoms with E-state index in [0.717, 1.165) is 19.3 Å². The van der Waals surface area contributed by atoms with Crippen LogP contribution in [0.25, 0.3) is 0 Å². The Bertz CT molecular complexity index is 426. The maximum Gasteiger partial charge on any atom is 0.407 e. The molecule has 22 heavy (non-hydrogen) atoms. The monoisotopic (exact) mass is 312 g/mol. The van der Waals surface area contributed by atoms with Crippen molar-refractivity contribution in [3.05, 3.63) is 0 Å². The second-order valence-corrected chi connectivity index (χ2v) is 6.65. The minimum absolute atomic E-state index is 0.00391. The lowest BCUT2D eigenvalue weighted by Crippen LogP contribution is -2.58. The Balaban J connectivity index is 2.19. The van der Waals surface area contributed by atoms with Crippen LogP contribution >= 0.6 is 0 Å². The van der Waals surface area contributed by atoms with Crippen molar-refractivity contribution < 1.29 is 19.1 Å². The highest BCUT2D eigenvalue weighted by molar-refractivity contribution is 5.87. The van der Waals surface area contributed by atoms with Crippen LogP contribution in [0, 0.1) is 11.8 Å². The summed E-state index contributed by atoms with van der Waals surface area (Å²) in [6.07, 6.45) is 2.52. The van der Waals surface area contributed by atoms with Gasteiger partial charge in [0.25, 0.3) is 0 Å². The average molecular weight is 312 g/mol. The van der Waals surface area contributed by atoms with Crippen LogP contribution in [-0.2, 0) is 14.3 Å². The molecule has 1 N–H and O–H groups in total. The molecule has 2 bridgehead atoms. The smallest absolute Gasteiger partial charge is 0.407 e. The molecule has 1 saturated heterocycles. The first-order valence-corrected chi connectivity index (χ1v) is 8.13. The molecule has 0 aromatic rings. The molecule has 2 aliphatic rings. The summed E-state index contributed by atoms with van der Waals surface area (Å²) in [5.41, 5.74) is 0. The number of nitrogens with zero attached hydrogens (tertiary/aromatic N) is 1. The van der Waals surface area contributed by atoms with Crippen LogP contribution in [0.4, 0.5) is 4.79 Å². The molecule has 2 rings (SSSR count). The van der Waals surface area contributed by atoms with E-state index in [-0.39, 0.29) is 30.0 Å². The van der Waals surface area contributed by atoms with E-state index in [1.807, 2.05) is 18.7 Å². The molecule has 5 atom stereocenters. The highest BCUT2D eigenvalue weighted by Gasteiger charge is 2.53. The first-order chi connectivity index (χ1) is 10.4. The van der Waals surface area contributed by atoms with Crippen molar-refractivity contribution in [2.24, 2.45) is 11.8 Å². The Morgan fingerprint density at radius 2 is 1.95 bits per heavy atom. The van der Waals surface area contributed by atoms with E-state index in [2.05, 4.69) is 17.0 Å². The molecule has 0 aromatic heterocycles. The number of carbonyl (C=O) groups is 2. The molecule has 1 saturated carbocycles. The molecule has 6 nitrogen and oxygen atoms in total. The normalized spacial score (nSPS) is 31.5. The Labute approximate surface area is 132 Å². The van der Waals surface area contributed by atoms with Crippen LogP contribution in [0.2, 0.25) is 0 Å². The third kappa shape index (κ3) is 2.93. The van der Waals surface area contributed by atoms with Gasteiger partial charge >= 0.3 is 6.09 Å². The van der Waals surface area contributed by atoms with Gasteiger partial charge in [0.15, 0.2) is 0 Å². The molecule has 1 aliphatic heterocycles. The molecule has 2 amide bonds. The Hall–Kier alpha value is -1.30. The zero-order valence-electron chi connectivity index (χ0n) is 14.2. The van der Waals surface area contributed by atoms with Gasteiger partial charge in [0.2, 0.25) is 5.91 Å². The fraction of sp³-hybridized carbons (Fsp3) is 0.875. The summed E-state index contributed by atoms with van der Waals surface area (Å²) >= 11 is 0. The second-order valence-electron chi connectivity index (χ2n) is 6.65. The lowest BCUT2D eigenvalue weighted by molar-refractivity contribution is -0.143. The van der Waals surface area contributed by atoms with Gasteiger partial charge in [0.05, 0.1) is 19.3 Å². The van der Waals surface area contributed by atoms with Crippen LogP contribution < -0.4 is 5.32 Å². The standard InChI is InChI=1S/C16H28N2O4/c1-6-11-10-7-12(13(8-10)21-4)18(11)15(19)14(9(2)3)17-16(20)22-5/h9-14H,6-8H2,1-5H3,(H,17,20)/t10-,11-,12+,13+,14+/m1/s1. The van der Waals surface area contributed by atoms with E-state index in [4.69, 9.17) is 4.74 Å². The molecule has 0 radical (unpaired) electrons.